The first-order valence-corrected chi connectivity index (χ1v) is 10.0. The molecule has 0 aliphatic rings. The molecule has 0 aliphatic carbocycles. The lowest BCUT2D eigenvalue weighted by atomic mass is 10.1. The molecule has 2 aromatic heterocycles. The van der Waals surface area contributed by atoms with Gasteiger partial charge in [0.2, 0.25) is 5.91 Å². The Morgan fingerprint density at radius 2 is 1.52 bits per heavy atom. The third kappa shape index (κ3) is 4.63. The Labute approximate surface area is 178 Å². The van der Waals surface area contributed by atoms with Crippen LogP contribution < -0.4 is 11.2 Å². The van der Waals surface area contributed by atoms with Gasteiger partial charge in [-0.1, -0.05) is 60.7 Å². The van der Waals surface area contributed by atoms with E-state index in [1.165, 1.54) is 11.6 Å². The number of amides is 1. The Morgan fingerprint density at radius 3 is 2.10 bits per heavy atom. The minimum Gasteiger partial charge on any atom is -0.336 e. The zero-order valence-electron chi connectivity index (χ0n) is 17.2. The predicted octanol–water partition coefficient (Wildman–Crippen LogP) is 2.11. The van der Waals surface area contributed by atoms with Gasteiger partial charge in [0, 0.05) is 33.0 Å². The first-order chi connectivity index (χ1) is 15.0. The molecule has 0 saturated heterocycles. The molecule has 1 amide bonds. The predicted molar refractivity (Wildman–Crippen MR) is 117 cm³/mol. The molecule has 0 atom stereocenters. The topological polar surface area (TPSA) is 104 Å². The summed E-state index contributed by atoms with van der Waals surface area (Å²) < 4.78 is 1.27. The molecule has 4 aromatic rings. The van der Waals surface area contributed by atoms with Gasteiger partial charge in [-0.15, -0.1) is 0 Å². The van der Waals surface area contributed by atoms with Gasteiger partial charge in [-0.05, 0) is 11.1 Å². The number of rotatable bonds is 7. The molecule has 0 spiro atoms. The van der Waals surface area contributed by atoms with Crippen LogP contribution >= 0.6 is 0 Å². The fourth-order valence-electron chi connectivity index (χ4n) is 3.49. The molecule has 2 N–H and O–H groups in total. The Bertz CT molecular complexity index is 1260. The number of aryl methyl sites for hydroxylation is 2. The molecule has 158 valence electrons. The second-order valence-electron chi connectivity index (χ2n) is 7.42. The number of H-pyrrole nitrogens is 2. The molecule has 0 fully saturated rings. The van der Waals surface area contributed by atoms with Crippen LogP contribution in [-0.2, 0) is 31.4 Å². The van der Waals surface area contributed by atoms with Crippen LogP contribution in [0.4, 0.5) is 0 Å². The molecule has 0 aliphatic heterocycles. The van der Waals surface area contributed by atoms with Crippen molar-refractivity contribution >= 4 is 17.1 Å². The highest BCUT2D eigenvalue weighted by atomic mass is 16.2. The number of aromatic nitrogens is 4. The van der Waals surface area contributed by atoms with Crippen molar-refractivity contribution in [1.29, 1.82) is 0 Å². The average Bonchev–Trinajstić information content (AvgIpc) is 3.22. The van der Waals surface area contributed by atoms with Crippen molar-refractivity contribution < 1.29 is 4.79 Å². The second kappa shape index (κ2) is 8.83. The molecule has 2 heterocycles. The maximum absolute atomic E-state index is 13.1. The molecule has 4 rings (SSSR count). The van der Waals surface area contributed by atoms with E-state index < -0.39 is 11.2 Å². The number of hydrogen-bond acceptors (Lipinski definition) is 4. The summed E-state index contributed by atoms with van der Waals surface area (Å²) in [6, 6.07) is 19.7. The summed E-state index contributed by atoms with van der Waals surface area (Å²) >= 11 is 0. The highest BCUT2D eigenvalue weighted by Crippen LogP contribution is 2.13. The zero-order valence-corrected chi connectivity index (χ0v) is 17.2. The molecular formula is C23H23N5O3. The SMILES string of the molecule is Cn1c(=O)[nH]c(=O)c2[nH]c(CCC(=O)N(Cc3ccccc3)Cc3ccccc3)nc21. The zero-order chi connectivity index (χ0) is 21.8. The Morgan fingerprint density at radius 1 is 0.935 bits per heavy atom. The van der Waals surface area contributed by atoms with Crippen molar-refractivity contribution in [3.8, 4) is 0 Å². The number of hydrogen-bond donors (Lipinski definition) is 2. The summed E-state index contributed by atoms with van der Waals surface area (Å²) in [5.74, 6) is 0.477. The smallest absolute Gasteiger partial charge is 0.329 e. The van der Waals surface area contributed by atoms with Gasteiger partial charge in [-0.25, -0.2) is 9.78 Å². The van der Waals surface area contributed by atoms with E-state index in [1.807, 2.05) is 65.6 Å². The van der Waals surface area contributed by atoms with E-state index in [9.17, 15) is 14.4 Å². The highest BCUT2D eigenvalue weighted by Gasteiger charge is 2.17. The third-order valence-electron chi connectivity index (χ3n) is 5.16. The Balaban J connectivity index is 1.52. The van der Waals surface area contributed by atoms with Gasteiger partial charge >= 0.3 is 5.69 Å². The minimum atomic E-state index is -0.525. The molecule has 31 heavy (non-hydrogen) atoms. The highest BCUT2D eigenvalue weighted by molar-refractivity contribution is 5.76. The van der Waals surface area contributed by atoms with E-state index in [2.05, 4.69) is 15.0 Å². The van der Waals surface area contributed by atoms with Crippen LogP contribution in [0.25, 0.3) is 11.2 Å². The summed E-state index contributed by atoms with van der Waals surface area (Å²) in [6.07, 6.45) is 0.562. The average molecular weight is 417 g/mol. The van der Waals surface area contributed by atoms with Gasteiger partial charge < -0.3 is 9.88 Å². The monoisotopic (exact) mass is 417 g/mol. The Kier molecular flexibility index (Phi) is 5.79. The van der Waals surface area contributed by atoms with E-state index in [0.717, 1.165) is 11.1 Å². The molecule has 0 bridgehead atoms. The van der Waals surface area contributed by atoms with Gasteiger partial charge in [-0.3, -0.25) is 19.1 Å². The maximum Gasteiger partial charge on any atom is 0.329 e. The number of imidazole rings is 1. The molecule has 0 unspecified atom stereocenters. The first kappa shape index (κ1) is 20.3. The summed E-state index contributed by atoms with van der Waals surface area (Å²) in [7, 11) is 1.54. The second-order valence-corrected chi connectivity index (χ2v) is 7.42. The molecule has 2 aromatic carbocycles. The fraction of sp³-hybridized carbons (Fsp3) is 0.217. The maximum atomic E-state index is 13.1. The number of fused-ring (bicyclic) bond motifs is 1. The number of nitrogens with zero attached hydrogens (tertiary/aromatic N) is 3. The van der Waals surface area contributed by atoms with Crippen LogP contribution in [0.15, 0.2) is 70.3 Å². The summed E-state index contributed by atoms with van der Waals surface area (Å²) in [5.41, 5.74) is 1.58. The normalized spacial score (nSPS) is 11.0. The van der Waals surface area contributed by atoms with Crippen LogP contribution in [-0.4, -0.2) is 30.3 Å². The van der Waals surface area contributed by atoms with Crippen molar-refractivity contribution in [2.45, 2.75) is 25.9 Å². The van der Waals surface area contributed by atoms with Crippen molar-refractivity contribution in [3.05, 3.63) is 98.5 Å². The standard InChI is InChI=1S/C23H23N5O3/c1-27-21-20(22(30)26-23(27)31)24-18(25-21)12-13-19(29)28(14-16-8-4-2-5-9-16)15-17-10-6-3-7-11-17/h2-11H,12-15H2,1H3,(H,24,25)(H,26,30,31). The van der Waals surface area contributed by atoms with Crippen LogP contribution in [0.3, 0.4) is 0 Å². The van der Waals surface area contributed by atoms with E-state index in [-0.39, 0.29) is 23.5 Å². The van der Waals surface area contributed by atoms with E-state index in [4.69, 9.17) is 0 Å². The van der Waals surface area contributed by atoms with E-state index in [1.54, 1.807) is 0 Å². The summed E-state index contributed by atoms with van der Waals surface area (Å²) in [6.45, 7) is 1.01. The number of nitrogens with one attached hydrogen (secondary N) is 2. The fourth-order valence-corrected chi connectivity index (χ4v) is 3.49. The van der Waals surface area contributed by atoms with Crippen molar-refractivity contribution in [2.75, 3.05) is 0 Å². The van der Waals surface area contributed by atoms with Gasteiger partial charge in [-0.2, -0.15) is 0 Å². The lowest BCUT2D eigenvalue weighted by molar-refractivity contribution is -0.132. The van der Waals surface area contributed by atoms with E-state index in [0.29, 0.717) is 25.3 Å². The van der Waals surface area contributed by atoms with E-state index >= 15 is 0 Å². The number of carbonyl (C=O) groups is 1. The molecule has 0 saturated carbocycles. The third-order valence-corrected chi connectivity index (χ3v) is 5.16. The molecular weight excluding hydrogens is 394 g/mol. The van der Waals surface area contributed by atoms with Crippen LogP contribution in [0, 0.1) is 0 Å². The van der Waals surface area contributed by atoms with Gasteiger partial charge in [0.1, 0.15) is 11.3 Å². The number of benzene rings is 2. The quantitative estimate of drug-likeness (QED) is 0.481. The lowest BCUT2D eigenvalue weighted by Crippen LogP contribution is -2.30. The number of aromatic amines is 2. The lowest BCUT2D eigenvalue weighted by Gasteiger charge is -2.23. The number of carbonyl (C=O) groups excluding carboxylic acids is 1. The van der Waals surface area contributed by atoms with Crippen molar-refractivity contribution in [2.24, 2.45) is 7.05 Å². The van der Waals surface area contributed by atoms with Crippen LogP contribution in [0.5, 0.6) is 0 Å². The van der Waals surface area contributed by atoms with Gasteiger partial charge in [0.15, 0.2) is 5.65 Å². The van der Waals surface area contributed by atoms with Crippen molar-refractivity contribution in [3.63, 3.8) is 0 Å². The largest absolute Gasteiger partial charge is 0.336 e. The molecule has 8 nitrogen and oxygen atoms in total. The van der Waals surface area contributed by atoms with Crippen molar-refractivity contribution in [1.82, 2.24) is 24.4 Å². The summed E-state index contributed by atoms with van der Waals surface area (Å²) in [5, 5.41) is 0. The van der Waals surface area contributed by atoms with Gasteiger partial charge in [0.05, 0.1) is 0 Å². The molecule has 8 heteroatoms. The minimum absolute atomic E-state index is 0.0176. The van der Waals surface area contributed by atoms with Crippen LogP contribution in [0.1, 0.15) is 23.4 Å². The summed E-state index contributed by atoms with van der Waals surface area (Å²) in [4.78, 5) is 48.2. The molecule has 0 radical (unpaired) electrons. The Hall–Kier alpha value is -3.94. The van der Waals surface area contributed by atoms with Crippen LogP contribution in [0.2, 0.25) is 0 Å². The van der Waals surface area contributed by atoms with Gasteiger partial charge in [0.25, 0.3) is 5.56 Å². The first-order valence-electron chi connectivity index (χ1n) is 10.0.